The molecule has 1 atom stereocenters. The van der Waals surface area contributed by atoms with E-state index in [1.807, 2.05) is 0 Å². The highest BCUT2D eigenvalue weighted by Gasteiger charge is 2.17. The zero-order chi connectivity index (χ0) is 11.8. The first kappa shape index (κ1) is 13.3. The predicted molar refractivity (Wildman–Crippen MR) is 63.3 cm³/mol. The lowest BCUT2D eigenvalue weighted by atomic mass is 10.0. The van der Waals surface area contributed by atoms with Gasteiger partial charge in [0, 0.05) is 12.6 Å². The number of nitrogens with one attached hydrogen (secondary N) is 1. The molecule has 0 saturated carbocycles. The van der Waals surface area contributed by atoms with Crippen molar-refractivity contribution in [2.24, 2.45) is 5.73 Å². The molecule has 0 aromatic carbocycles. The molecule has 5 nitrogen and oxygen atoms in total. The predicted octanol–water partition coefficient (Wildman–Crippen LogP) is 0.546. The molecular weight excluding hydrogens is 206 g/mol. The van der Waals surface area contributed by atoms with Crippen LogP contribution >= 0.6 is 0 Å². The van der Waals surface area contributed by atoms with Gasteiger partial charge in [-0.2, -0.15) is 0 Å². The molecule has 1 aliphatic rings. The summed E-state index contributed by atoms with van der Waals surface area (Å²) in [6.45, 7) is 3.22. The summed E-state index contributed by atoms with van der Waals surface area (Å²) in [5.41, 5.74) is 4.85. The minimum absolute atomic E-state index is 0.357. The van der Waals surface area contributed by atoms with Gasteiger partial charge in [-0.15, -0.1) is 0 Å². The monoisotopic (exact) mass is 229 g/mol. The van der Waals surface area contributed by atoms with E-state index in [-0.39, 0.29) is 0 Å². The van der Waals surface area contributed by atoms with Crippen LogP contribution in [0.3, 0.4) is 0 Å². The van der Waals surface area contributed by atoms with Gasteiger partial charge in [0.15, 0.2) is 0 Å². The molecule has 1 heterocycles. The summed E-state index contributed by atoms with van der Waals surface area (Å²) in [5.74, 6) is 0. The molecule has 1 unspecified atom stereocenters. The van der Waals surface area contributed by atoms with Crippen molar-refractivity contribution in [3.05, 3.63) is 0 Å². The SMILES string of the molecule is CN1CCCCC1CCNCCOC(N)=O. The van der Waals surface area contributed by atoms with E-state index < -0.39 is 6.09 Å². The minimum atomic E-state index is -0.700. The van der Waals surface area contributed by atoms with E-state index in [1.54, 1.807) is 0 Å². The van der Waals surface area contributed by atoms with E-state index in [4.69, 9.17) is 5.73 Å². The maximum atomic E-state index is 10.3. The number of carbonyl (C=O) groups is 1. The fourth-order valence-electron chi connectivity index (χ4n) is 2.13. The lowest BCUT2D eigenvalue weighted by Crippen LogP contribution is -2.38. The molecule has 0 aliphatic carbocycles. The molecular formula is C11H23N3O2. The number of nitrogens with zero attached hydrogens (tertiary/aromatic N) is 1. The van der Waals surface area contributed by atoms with Crippen LogP contribution in [0.1, 0.15) is 25.7 Å². The van der Waals surface area contributed by atoms with Crippen LogP contribution < -0.4 is 11.1 Å². The number of piperidine rings is 1. The van der Waals surface area contributed by atoms with Gasteiger partial charge >= 0.3 is 6.09 Å². The summed E-state index contributed by atoms with van der Waals surface area (Å²) < 4.78 is 4.62. The average Bonchev–Trinajstić information content (AvgIpc) is 2.25. The maximum Gasteiger partial charge on any atom is 0.404 e. The van der Waals surface area contributed by atoms with Gasteiger partial charge < -0.3 is 20.7 Å². The molecule has 1 fully saturated rings. The fourth-order valence-corrected chi connectivity index (χ4v) is 2.13. The summed E-state index contributed by atoms with van der Waals surface area (Å²) >= 11 is 0. The Morgan fingerprint density at radius 2 is 2.31 bits per heavy atom. The molecule has 3 N–H and O–H groups in total. The zero-order valence-electron chi connectivity index (χ0n) is 10.1. The molecule has 1 rings (SSSR count). The lowest BCUT2D eigenvalue weighted by Gasteiger charge is -2.32. The molecule has 0 spiro atoms. The second-order valence-electron chi connectivity index (χ2n) is 4.34. The number of ether oxygens (including phenoxy) is 1. The highest BCUT2D eigenvalue weighted by Crippen LogP contribution is 2.16. The van der Waals surface area contributed by atoms with Crippen molar-refractivity contribution < 1.29 is 9.53 Å². The van der Waals surface area contributed by atoms with Crippen molar-refractivity contribution >= 4 is 6.09 Å². The Hall–Kier alpha value is -0.810. The summed E-state index contributed by atoms with van der Waals surface area (Å²) in [6.07, 6.45) is 4.43. The van der Waals surface area contributed by atoms with Crippen LogP contribution in [0.15, 0.2) is 0 Å². The number of hydrogen-bond acceptors (Lipinski definition) is 4. The van der Waals surface area contributed by atoms with Gasteiger partial charge in [-0.1, -0.05) is 6.42 Å². The number of likely N-dealkylation sites (tertiary alicyclic amines) is 1. The fraction of sp³-hybridized carbons (Fsp3) is 0.909. The third kappa shape index (κ3) is 5.32. The molecule has 94 valence electrons. The van der Waals surface area contributed by atoms with Crippen LogP contribution in [0.2, 0.25) is 0 Å². The van der Waals surface area contributed by atoms with Crippen molar-refractivity contribution in [2.75, 3.05) is 33.3 Å². The summed E-state index contributed by atoms with van der Waals surface area (Å²) in [6, 6.07) is 0.707. The quantitative estimate of drug-likeness (QED) is 0.653. The molecule has 0 radical (unpaired) electrons. The van der Waals surface area contributed by atoms with E-state index in [0.717, 1.165) is 13.0 Å². The van der Waals surface area contributed by atoms with Gasteiger partial charge in [0.05, 0.1) is 0 Å². The normalized spacial score (nSPS) is 21.9. The number of amides is 1. The summed E-state index contributed by atoms with van der Waals surface area (Å²) in [5, 5.41) is 3.25. The largest absolute Gasteiger partial charge is 0.448 e. The molecule has 16 heavy (non-hydrogen) atoms. The Morgan fingerprint density at radius 3 is 3.00 bits per heavy atom. The second-order valence-corrected chi connectivity index (χ2v) is 4.34. The first-order valence-electron chi connectivity index (χ1n) is 6.03. The molecule has 1 aliphatic heterocycles. The second kappa shape index (κ2) is 7.46. The van der Waals surface area contributed by atoms with Crippen molar-refractivity contribution in [3.8, 4) is 0 Å². The molecule has 0 bridgehead atoms. The average molecular weight is 229 g/mol. The van der Waals surface area contributed by atoms with Crippen LogP contribution in [0, 0.1) is 0 Å². The number of hydrogen-bond donors (Lipinski definition) is 2. The highest BCUT2D eigenvalue weighted by atomic mass is 16.5. The van der Waals surface area contributed by atoms with Gasteiger partial charge in [-0.05, 0) is 39.4 Å². The molecule has 5 heteroatoms. The van der Waals surface area contributed by atoms with Crippen LogP contribution in [-0.4, -0.2) is 50.3 Å². The number of nitrogens with two attached hydrogens (primary N) is 1. The number of carbonyl (C=O) groups excluding carboxylic acids is 1. The van der Waals surface area contributed by atoms with E-state index in [9.17, 15) is 4.79 Å². The summed E-state index contributed by atoms with van der Waals surface area (Å²) in [4.78, 5) is 12.7. The standard InChI is InChI=1S/C11H23N3O2/c1-14-8-3-2-4-10(14)5-6-13-7-9-16-11(12)15/h10,13H,2-9H2,1H3,(H2,12,15). The van der Waals surface area contributed by atoms with Gasteiger partial charge in [0.1, 0.15) is 6.61 Å². The minimum Gasteiger partial charge on any atom is -0.448 e. The van der Waals surface area contributed by atoms with Crippen molar-refractivity contribution in [3.63, 3.8) is 0 Å². The van der Waals surface area contributed by atoms with Crippen molar-refractivity contribution in [1.82, 2.24) is 10.2 Å². The topological polar surface area (TPSA) is 67.6 Å². The highest BCUT2D eigenvalue weighted by molar-refractivity contribution is 5.64. The van der Waals surface area contributed by atoms with E-state index >= 15 is 0 Å². The molecule has 0 aromatic heterocycles. The molecule has 1 saturated heterocycles. The van der Waals surface area contributed by atoms with Crippen molar-refractivity contribution in [1.29, 1.82) is 0 Å². The van der Waals surface area contributed by atoms with E-state index in [2.05, 4.69) is 22.0 Å². The van der Waals surface area contributed by atoms with Crippen LogP contribution in [0.4, 0.5) is 4.79 Å². The van der Waals surface area contributed by atoms with Crippen molar-refractivity contribution in [2.45, 2.75) is 31.7 Å². The van der Waals surface area contributed by atoms with E-state index in [0.29, 0.717) is 19.2 Å². The summed E-state index contributed by atoms with van der Waals surface area (Å²) in [7, 11) is 2.19. The van der Waals surface area contributed by atoms with Gasteiger partial charge in [-0.25, -0.2) is 4.79 Å². The first-order chi connectivity index (χ1) is 7.70. The van der Waals surface area contributed by atoms with Crippen LogP contribution in [0.25, 0.3) is 0 Å². The van der Waals surface area contributed by atoms with Gasteiger partial charge in [-0.3, -0.25) is 0 Å². The third-order valence-corrected chi connectivity index (χ3v) is 3.10. The zero-order valence-corrected chi connectivity index (χ0v) is 10.1. The van der Waals surface area contributed by atoms with Gasteiger partial charge in [0.2, 0.25) is 0 Å². The Bertz CT molecular complexity index is 211. The molecule has 0 aromatic rings. The third-order valence-electron chi connectivity index (χ3n) is 3.10. The maximum absolute atomic E-state index is 10.3. The Kier molecular flexibility index (Phi) is 6.18. The Labute approximate surface area is 97.3 Å². The van der Waals surface area contributed by atoms with Crippen LogP contribution in [-0.2, 0) is 4.74 Å². The van der Waals surface area contributed by atoms with Crippen LogP contribution in [0.5, 0.6) is 0 Å². The Balaban J connectivity index is 1.95. The number of primary amides is 1. The lowest BCUT2D eigenvalue weighted by molar-refractivity contribution is 0.155. The number of rotatable bonds is 6. The molecule has 1 amide bonds. The Morgan fingerprint density at radius 1 is 1.50 bits per heavy atom. The first-order valence-corrected chi connectivity index (χ1v) is 6.03. The van der Waals surface area contributed by atoms with E-state index in [1.165, 1.54) is 25.8 Å². The smallest absolute Gasteiger partial charge is 0.404 e. The van der Waals surface area contributed by atoms with Gasteiger partial charge in [0.25, 0.3) is 0 Å².